The molecular weight excluding hydrogens is 349 g/mol. The van der Waals surface area contributed by atoms with Crippen molar-refractivity contribution in [3.05, 3.63) is 53.9 Å². The summed E-state index contributed by atoms with van der Waals surface area (Å²) in [6, 6.07) is 7.56. The van der Waals surface area contributed by atoms with Crippen molar-refractivity contribution in [2.45, 2.75) is 25.1 Å². The molecule has 0 aliphatic carbocycles. The Labute approximate surface area is 147 Å². The predicted molar refractivity (Wildman–Crippen MR) is 85.9 cm³/mol. The lowest BCUT2D eigenvalue weighted by atomic mass is 10.0. The molecule has 0 radical (unpaired) electrons. The van der Waals surface area contributed by atoms with Gasteiger partial charge in [-0.2, -0.15) is 13.2 Å². The first-order chi connectivity index (χ1) is 12.3. The fourth-order valence-corrected chi connectivity index (χ4v) is 2.71. The number of ether oxygens (including phenoxy) is 1. The number of pyridine rings is 1. The Kier molecular flexibility index (Phi) is 4.92. The molecule has 0 unspecified atom stereocenters. The second kappa shape index (κ2) is 7.15. The van der Waals surface area contributed by atoms with E-state index in [0.717, 1.165) is 6.07 Å². The van der Waals surface area contributed by atoms with Gasteiger partial charge in [0.15, 0.2) is 0 Å². The van der Waals surface area contributed by atoms with Crippen molar-refractivity contribution in [1.82, 2.24) is 10.3 Å². The molecule has 0 spiro atoms. The van der Waals surface area contributed by atoms with Gasteiger partial charge < -0.3 is 10.1 Å². The summed E-state index contributed by atoms with van der Waals surface area (Å²) < 4.78 is 44.1. The van der Waals surface area contributed by atoms with Crippen molar-refractivity contribution >= 4 is 11.9 Å². The molecule has 0 saturated carbocycles. The molecule has 1 aromatic heterocycles. The maximum atomic E-state index is 13.1. The van der Waals surface area contributed by atoms with Crippen LogP contribution in [0.4, 0.5) is 13.2 Å². The number of aromatic nitrogens is 1. The van der Waals surface area contributed by atoms with Gasteiger partial charge in [-0.1, -0.05) is 24.3 Å². The Morgan fingerprint density at radius 1 is 1.23 bits per heavy atom. The molecular formula is C18H15F3N2O3. The molecule has 5 nitrogen and oxygen atoms in total. The number of cyclic esters (lactones) is 1. The predicted octanol–water partition coefficient (Wildman–Crippen LogP) is 2.74. The third kappa shape index (κ3) is 4.01. The molecule has 1 amide bonds. The molecule has 1 aromatic carbocycles. The van der Waals surface area contributed by atoms with E-state index in [0.29, 0.717) is 17.7 Å². The van der Waals surface area contributed by atoms with Gasteiger partial charge >= 0.3 is 12.1 Å². The lowest BCUT2D eigenvalue weighted by molar-refractivity contribution is -0.141. The molecule has 1 aliphatic rings. The van der Waals surface area contributed by atoms with Crippen LogP contribution in [-0.2, 0) is 26.9 Å². The smallest absolute Gasteiger partial charge is 0.417 e. The normalized spacial score (nSPS) is 17.0. The number of amides is 1. The first-order valence-electron chi connectivity index (χ1n) is 7.92. The van der Waals surface area contributed by atoms with Crippen molar-refractivity contribution in [1.29, 1.82) is 0 Å². The molecule has 8 heteroatoms. The third-order valence-electron chi connectivity index (χ3n) is 3.98. The van der Waals surface area contributed by atoms with Gasteiger partial charge in [0, 0.05) is 23.9 Å². The molecule has 1 atom stereocenters. The fourth-order valence-electron chi connectivity index (χ4n) is 2.71. The first kappa shape index (κ1) is 17.9. The molecule has 2 aromatic rings. The Balaban J connectivity index is 1.71. The minimum Gasteiger partial charge on any atom is -0.464 e. The van der Waals surface area contributed by atoms with Gasteiger partial charge in [0.2, 0.25) is 5.91 Å². The number of carbonyl (C=O) groups excluding carboxylic acids is 2. The van der Waals surface area contributed by atoms with E-state index in [-0.39, 0.29) is 18.6 Å². The highest BCUT2D eigenvalue weighted by Gasteiger charge is 2.33. The van der Waals surface area contributed by atoms with Crippen molar-refractivity contribution in [3.63, 3.8) is 0 Å². The Bertz CT molecular complexity index is 819. The Morgan fingerprint density at radius 3 is 2.62 bits per heavy atom. The molecule has 136 valence electrons. The quantitative estimate of drug-likeness (QED) is 0.847. The zero-order chi connectivity index (χ0) is 18.7. The molecule has 0 bridgehead atoms. The van der Waals surface area contributed by atoms with Gasteiger partial charge in [-0.15, -0.1) is 0 Å². The maximum Gasteiger partial charge on any atom is 0.417 e. The van der Waals surface area contributed by atoms with E-state index in [9.17, 15) is 22.8 Å². The Hall–Kier alpha value is -2.90. The number of nitrogens with zero attached hydrogens (tertiary/aromatic N) is 1. The molecule has 3 rings (SSSR count). The number of halogens is 3. The monoisotopic (exact) mass is 364 g/mol. The van der Waals surface area contributed by atoms with Crippen LogP contribution >= 0.6 is 0 Å². The summed E-state index contributed by atoms with van der Waals surface area (Å²) in [5.41, 5.74) is -0.0206. The number of nitrogens with one attached hydrogen (secondary N) is 1. The standard InChI is InChI=1S/C18H15F3N2O3/c19-18(20,21)14-4-2-1-3-13(14)11-5-6-12(22-10-11)9-16(24)23-15-7-8-26-17(15)25/h1-6,10,15H,7-9H2,(H,23,24)/t15-/m1/s1. The first-order valence-corrected chi connectivity index (χ1v) is 7.92. The van der Waals surface area contributed by atoms with Crippen molar-refractivity contribution in [2.24, 2.45) is 0 Å². The van der Waals surface area contributed by atoms with Crippen LogP contribution in [0.15, 0.2) is 42.6 Å². The summed E-state index contributed by atoms with van der Waals surface area (Å²) in [5, 5.41) is 2.55. The van der Waals surface area contributed by atoms with Gasteiger partial charge in [-0.25, -0.2) is 4.79 Å². The molecule has 1 N–H and O–H groups in total. The number of benzene rings is 1. The van der Waals surface area contributed by atoms with E-state index in [1.807, 2.05) is 0 Å². The summed E-state index contributed by atoms with van der Waals surface area (Å²) in [6.45, 7) is 0.273. The lowest BCUT2D eigenvalue weighted by Crippen LogP contribution is -2.38. The molecule has 26 heavy (non-hydrogen) atoms. The minimum atomic E-state index is -4.47. The van der Waals surface area contributed by atoms with Gasteiger partial charge in [-0.3, -0.25) is 9.78 Å². The van der Waals surface area contributed by atoms with Crippen LogP contribution in [0.2, 0.25) is 0 Å². The van der Waals surface area contributed by atoms with Crippen LogP contribution in [0.5, 0.6) is 0 Å². The summed E-state index contributed by atoms with van der Waals surface area (Å²) in [5.74, 6) is -0.866. The number of hydrogen-bond donors (Lipinski definition) is 1. The van der Waals surface area contributed by atoms with Crippen LogP contribution in [-0.4, -0.2) is 29.5 Å². The highest BCUT2D eigenvalue weighted by Crippen LogP contribution is 2.36. The van der Waals surface area contributed by atoms with Crippen LogP contribution in [0.1, 0.15) is 17.7 Å². The topological polar surface area (TPSA) is 68.3 Å². The number of esters is 1. The van der Waals surface area contributed by atoms with Crippen molar-refractivity contribution in [3.8, 4) is 11.1 Å². The van der Waals surface area contributed by atoms with E-state index in [1.54, 1.807) is 0 Å². The average Bonchev–Trinajstić information content (AvgIpc) is 2.99. The summed E-state index contributed by atoms with van der Waals surface area (Å²) in [6.07, 6.45) is -2.82. The number of rotatable bonds is 4. The van der Waals surface area contributed by atoms with E-state index in [2.05, 4.69) is 10.3 Å². The summed E-state index contributed by atoms with van der Waals surface area (Å²) in [7, 11) is 0. The van der Waals surface area contributed by atoms with E-state index in [4.69, 9.17) is 4.74 Å². The third-order valence-corrected chi connectivity index (χ3v) is 3.98. The van der Waals surface area contributed by atoms with Crippen molar-refractivity contribution in [2.75, 3.05) is 6.61 Å². The highest BCUT2D eigenvalue weighted by atomic mass is 19.4. The number of carbonyl (C=O) groups is 2. The van der Waals surface area contributed by atoms with Crippen molar-refractivity contribution < 1.29 is 27.5 Å². The lowest BCUT2D eigenvalue weighted by Gasteiger charge is -2.13. The second-order valence-electron chi connectivity index (χ2n) is 5.83. The zero-order valence-electron chi connectivity index (χ0n) is 13.5. The minimum absolute atomic E-state index is 0.0252. The largest absolute Gasteiger partial charge is 0.464 e. The maximum absolute atomic E-state index is 13.1. The average molecular weight is 364 g/mol. The molecule has 2 heterocycles. The van der Waals surface area contributed by atoms with E-state index >= 15 is 0 Å². The second-order valence-corrected chi connectivity index (χ2v) is 5.83. The highest BCUT2D eigenvalue weighted by molar-refractivity contribution is 5.86. The fraction of sp³-hybridized carbons (Fsp3) is 0.278. The Morgan fingerprint density at radius 2 is 2.00 bits per heavy atom. The van der Waals surface area contributed by atoms with Crippen LogP contribution in [0.3, 0.4) is 0 Å². The number of hydrogen-bond acceptors (Lipinski definition) is 4. The molecule has 1 fully saturated rings. The van der Waals surface area contributed by atoms with Gasteiger partial charge in [-0.05, 0) is 17.7 Å². The summed E-state index contributed by atoms with van der Waals surface area (Å²) in [4.78, 5) is 27.3. The number of alkyl halides is 3. The van der Waals surface area contributed by atoms with Crippen LogP contribution < -0.4 is 5.32 Å². The van der Waals surface area contributed by atoms with E-state index < -0.39 is 29.7 Å². The molecule has 1 aliphatic heterocycles. The van der Waals surface area contributed by atoms with Gasteiger partial charge in [0.1, 0.15) is 6.04 Å². The zero-order valence-corrected chi connectivity index (χ0v) is 13.5. The van der Waals surface area contributed by atoms with Gasteiger partial charge in [0.05, 0.1) is 18.6 Å². The summed E-state index contributed by atoms with van der Waals surface area (Å²) >= 11 is 0. The van der Waals surface area contributed by atoms with E-state index in [1.165, 1.54) is 36.5 Å². The molecule has 1 saturated heterocycles. The van der Waals surface area contributed by atoms with Gasteiger partial charge in [0.25, 0.3) is 0 Å². The van der Waals surface area contributed by atoms with Crippen LogP contribution in [0.25, 0.3) is 11.1 Å². The van der Waals surface area contributed by atoms with Crippen LogP contribution in [0, 0.1) is 0 Å². The SMILES string of the molecule is O=C(Cc1ccc(-c2ccccc2C(F)(F)F)cn1)N[C@@H]1CCOC1=O.